The molecule has 0 saturated carbocycles. The van der Waals surface area contributed by atoms with Gasteiger partial charge in [0.2, 0.25) is 5.91 Å². The van der Waals surface area contributed by atoms with Crippen LogP contribution in [0.15, 0.2) is 0 Å². The minimum Gasteiger partial charge on any atom is -0.339 e. The van der Waals surface area contributed by atoms with Crippen molar-refractivity contribution in [1.82, 2.24) is 4.90 Å². The number of amides is 1. The van der Waals surface area contributed by atoms with E-state index < -0.39 is 0 Å². The summed E-state index contributed by atoms with van der Waals surface area (Å²) in [6.07, 6.45) is 6.70. The van der Waals surface area contributed by atoms with Gasteiger partial charge >= 0.3 is 0 Å². The predicted octanol–water partition coefficient (Wildman–Crippen LogP) is 2.54. The summed E-state index contributed by atoms with van der Waals surface area (Å²) < 4.78 is 0. The largest absolute Gasteiger partial charge is 0.339 e. The van der Waals surface area contributed by atoms with Crippen LogP contribution in [0.5, 0.6) is 0 Å². The van der Waals surface area contributed by atoms with Gasteiger partial charge in [-0.05, 0) is 39.0 Å². The summed E-state index contributed by atoms with van der Waals surface area (Å²) in [6.45, 7) is 7.65. The van der Waals surface area contributed by atoms with Crippen LogP contribution in [-0.4, -0.2) is 29.9 Å². The standard InChI is InChI=1S/C14H28N2O/c1-4-8-12-9-6-7-10-16(12)13(17)14(3,5-2)11-15/h12H,4-11,15H2,1-3H3. The molecule has 1 fully saturated rings. The molecule has 1 rings (SSSR count). The van der Waals surface area contributed by atoms with Crippen LogP contribution in [0.3, 0.4) is 0 Å². The fraction of sp³-hybridized carbons (Fsp3) is 0.929. The van der Waals surface area contributed by atoms with Gasteiger partial charge in [0.25, 0.3) is 0 Å². The van der Waals surface area contributed by atoms with Crippen LogP contribution in [0.1, 0.15) is 59.3 Å². The Hall–Kier alpha value is -0.570. The first kappa shape index (κ1) is 14.5. The zero-order valence-electron chi connectivity index (χ0n) is 11.7. The van der Waals surface area contributed by atoms with Crippen molar-refractivity contribution in [2.45, 2.75) is 65.3 Å². The zero-order chi connectivity index (χ0) is 12.9. The van der Waals surface area contributed by atoms with Crippen molar-refractivity contribution >= 4 is 5.91 Å². The maximum atomic E-state index is 12.6. The molecule has 1 aliphatic rings. The number of likely N-dealkylation sites (tertiary alicyclic amines) is 1. The van der Waals surface area contributed by atoms with Gasteiger partial charge in [-0.2, -0.15) is 0 Å². The molecule has 2 unspecified atom stereocenters. The van der Waals surface area contributed by atoms with E-state index in [9.17, 15) is 4.79 Å². The van der Waals surface area contributed by atoms with E-state index in [2.05, 4.69) is 18.7 Å². The van der Waals surface area contributed by atoms with Crippen molar-refractivity contribution in [3.63, 3.8) is 0 Å². The van der Waals surface area contributed by atoms with Crippen molar-refractivity contribution in [2.24, 2.45) is 11.1 Å². The Morgan fingerprint density at radius 2 is 2.12 bits per heavy atom. The molecule has 3 heteroatoms. The van der Waals surface area contributed by atoms with Gasteiger partial charge in [-0.1, -0.05) is 20.3 Å². The molecule has 0 bridgehead atoms. The third-order valence-electron chi connectivity index (χ3n) is 4.26. The maximum Gasteiger partial charge on any atom is 0.230 e. The average molecular weight is 240 g/mol. The number of carbonyl (C=O) groups is 1. The SMILES string of the molecule is CCCC1CCCCN1C(=O)C(C)(CC)CN. The van der Waals surface area contributed by atoms with Gasteiger partial charge in [-0.25, -0.2) is 0 Å². The minimum absolute atomic E-state index is 0.278. The summed E-state index contributed by atoms with van der Waals surface area (Å²) in [4.78, 5) is 14.7. The molecule has 2 N–H and O–H groups in total. The molecular formula is C14H28N2O. The first-order valence-electron chi connectivity index (χ1n) is 7.10. The van der Waals surface area contributed by atoms with Gasteiger partial charge in [0.1, 0.15) is 0 Å². The maximum absolute atomic E-state index is 12.6. The Kier molecular flexibility index (Phi) is 5.44. The van der Waals surface area contributed by atoms with Crippen molar-refractivity contribution in [2.75, 3.05) is 13.1 Å². The Bertz CT molecular complexity index is 247. The molecule has 0 spiro atoms. The first-order valence-corrected chi connectivity index (χ1v) is 7.10. The van der Waals surface area contributed by atoms with Gasteiger partial charge in [-0.3, -0.25) is 4.79 Å². The molecule has 3 nitrogen and oxygen atoms in total. The fourth-order valence-corrected chi connectivity index (χ4v) is 2.63. The summed E-state index contributed by atoms with van der Waals surface area (Å²) in [5.41, 5.74) is 5.44. The molecule has 0 aromatic rings. The van der Waals surface area contributed by atoms with Crippen LogP contribution in [0.2, 0.25) is 0 Å². The van der Waals surface area contributed by atoms with E-state index in [4.69, 9.17) is 5.73 Å². The Balaban J connectivity index is 2.76. The highest BCUT2D eigenvalue weighted by atomic mass is 16.2. The van der Waals surface area contributed by atoms with Crippen LogP contribution in [-0.2, 0) is 4.79 Å². The highest BCUT2D eigenvalue weighted by Gasteiger charge is 2.37. The second kappa shape index (κ2) is 6.39. The van der Waals surface area contributed by atoms with E-state index in [1.54, 1.807) is 0 Å². The van der Waals surface area contributed by atoms with Gasteiger partial charge in [0, 0.05) is 19.1 Å². The lowest BCUT2D eigenvalue weighted by Crippen LogP contribution is -2.52. The summed E-state index contributed by atoms with van der Waals surface area (Å²) in [5.74, 6) is 0.278. The first-order chi connectivity index (χ1) is 8.09. The molecule has 0 radical (unpaired) electrons. The number of piperidine rings is 1. The second-order valence-corrected chi connectivity index (χ2v) is 5.56. The summed E-state index contributed by atoms with van der Waals surface area (Å²) >= 11 is 0. The highest BCUT2D eigenvalue weighted by Crippen LogP contribution is 2.29. The number of nitrogens with two attached hydrogens (primary N) is 1. The van der Waals surface area contributed by atoms with Gasteiger partial charge in [-0.15, -0.1) is 0 Å². The molecule has 1 aliphatic heterocycles. The topological polar surface area (TPSA) is 46.3 Å². The number of carbonyl (C=O) groups excluding carboxylic acids is 1. The van der Waals surface area contributed by atoms with Gasteiger partial charge < -0.3 is 10.6 Å². The third-order valence-corrected chi connectivity index (χ3v) is 4.26. The van der Waals surface area contributed by atoms with E-state index in [0.29, 0.717) is 12.6 Å². The lowest BCUT2D eigenvalue weighted by Gasteiger charge is -2.41. The van der Waals surface area contributed by atoms with Crippen LogP contribution in [0.25, 0.3) is 0 Å². The van der Waals surface area contributed by atoms with E-state index in [1.165, 1.54) is 12.8 Å². The van der Waals surface area contributed by atoms with E-state index in [1.807, 2.05) is 6.92 Å². The molecule has 100 valence electrons. The van der Waals surface area contributed by atoms with Crippen LogP contribution in [0.4, 0.5) is 0 Å². The molecule has 0 aromatic heterocycles. The van der Waals surface area contributed by atoms with Crippen LogP contribution < -0.4 is 5.73 Å². The average Bonchev–Trinajstić information content (AvgIpc) is 2.38. The van der Waals surface area contributed by atoms with Crippen molar-refractivity contribution in [1.29, 1.82) is 0 Å². The van der Waals surface area contributed by atoms with Crippen molar-refractivity contribution in [3.8, 4) is 0 Å². The van der Waals surface area contributed by atoms with E-state index >= 15 is 0 Å². The normalized spacial score (nSPS) is 24.5. The lowest BCUT2D eigenvalue weighted by atomic mass is 9.84. The minimum atomic E-state index is -0.358. The Morgan fingerprint density at radius 1 is 1.41 bits per heavy atom. The molecule has 1 heterocycles. The summed E-state index contributed by atoms with van der Waals surface area (Å²) in [7, 11) is 0. The van der Waals surface area contributed by atoms with Crippen LogP contribution >= 0.6 is 0 Å². The highest BCUT2D eigenvalue weighted by molar-refractivity contribution is 5.83. The molecule has 1 saturated heterocycles. The summed E-state index contributed by atoms with van der Waals surface area (Å²) in [5, 5.41) is 0. The Morgan fingerprint density at radius 3 is 2.65 bits per heavy atom. The van der Waals surface area contributed by atoms with Gasteiger partial charge in [0.05, 0.1) is 5.41 Å². The van der Waals surface area contributed by atoms with E-state index in [-0.39, 0.29) is 11.3 Å². The molecule has 0 aliphatic carbocycles. The number of hydrogen-bond donors (Lipinski definition) is 1. The van der Waals surface area contributed by atoms with Gasteiger partial charge in [0.15, 0.2) is 0 Å². The molecular weight excluding hydrogens is 212 g/mol. The second-order valence-electron chi connectivity index (χ2n) is 5.56. The number of rotatable bonds is 5. The van der Waals surface area contributed by atoms with Crippen molar-refractivity contribution < 1.29 is 4.79 Å². The monoisotopic (exact) mass is 240 g/mol. The van der Waals surface area contributed by atoms with Crippen molar-refractivity contribution in [3.05, 3.63) is 0 Å². The number of nitrogens with zero attached hydrogens (tertiary/aromatic N) is 1. The molecule has 17 heavy (non-hydrogen) atoms. The predicted molar refractivity (Wildman–Crippen MR) is 71.7 cm³/mol. The number of hydrogen-bond acceptors (Lipinski definition) is 2. The smallest absolute Gasteiger partial charge is 0.230 e. The van der Waals surface area contributed by atoms with E-state index in [0.717, 1.165) is 32.2 Å². The molecule has 0 aromatic carbocycles. The third kappa shape index (κ3) is 3.21. The lowest BCUT2D eigenvalue weighted by molar-refractivity contribution is -0.145. The quantitative estimate of drug-likeness (QED) is 0.802. The summed E-state index contributed by atoms with van der Waals surface area (Å²) in [6, 6.07) is 0.457. The fourth-order valence-electron chi connectivity index (χ4n) is 2.63. The van der Waals surface area contributed by atoms with Crippen LogP contribution in [0, 0.1) is 5.41 Å². The Labute approximate surface area is 106 Å². The molecule has 2 atom stereocenters. The molecule has 1 amide bonds. The zero-order valence-corrected chi connectivity index (χ0v) is 11.7.